The molecule has 0 saturated carbocycles. The van der Waals surface area contributed by atoms with Crippen LogP contribution in [0.4, 0.5) is 4.39 Å². The average Bonchev–Trinajstić information content (AvgIpc) is 2.51. The van der Waals surface area contributed by atoms with E-state index in [0.29, 0.717) is 22.1 Å². The van der Waals surface area contributed by atoms with Crippen LogP contribution in [0, 0.1) is 5.82 Å². The largest absolute Gasteiger partial charge is 0.497 e. The van der Waals surface area contributed by atoms with Gasteiger partial charge in [0.15, 0.2) is 0 Å². The summed E-state index contributed by atoms with van der Waals surface area (Å²) in [5, 5.41) is 3.57. The molecule has 0 spiro atoms. The van der Waals surface area contributed by atoms with E-state index in [1.54, 1.807) is 39.5 Å². The van der Waals surface area contributed by atoms with Crippen LogP contribution in [-0.4, -0.2) is 21.3 Å². The van der Waals surface area contributed by atoms with Crippen molar-refractivity contribution >= 4 is 11.6 Å². The van der Waals surface area contributed by atoms with Gasteiger partial charge >= 0.3 is 0 Å². The lowest BCUT2D eigenvalue weighted by Crippen LogP contribution is -2.19. The molecule has 1 unspecified atom stereocenters. The first kappa shape index (κ1) is 15.6. The molecular weight excluding hydrogens is 293 g/mol. The van der Waals surface area contributed by atoms with Crippen molar-refractivity contribution in [1.82, 2.24) is 5.32 Å². The molecule has 112 valence electrons. The Balaban J connectivity index is 2.57. The van der Waals surface area contributed by atoms with Crippen molar-refractivity contribution in [3.63, 3.8) is 0 Å². The molecular formula is C16H17ClFNO2. The molecule has 0 radical (unpaired) electrons. The maximum Gasteiger partial charge on any atom is 0.128 e. The molecule has 0 amide bonds. The fourth-order valence-electron chi connectivity index (χ4n) is 2.28. The van der Waals surface area contributed by atoms with Gasteiger partial charge in [-0.15, -0.1) is 0 Å². The summed E-state index contributed by atoms with van der Waals surface area (Å²) in [6, 6.07) is 9.50. The molecule has 1 atom stereocenters. The van der Waals surface area contributed by atoms with Gasteiger partial charge in [-0.05, 0) is 43.4 Å². The minimum atomic E-state index is -0.395. The van der Waals surface area contributed by atoms with Crippen LogP contribution in [-0.2, 0) is 0 Å². The third-order valence-corrected chi connectivity index (χ3v) is 3.54. The Labute approximate surface area is 128 Å². The second-order valence-corrected chi connectivity index (χ2v) is 4.93. The molecule has 3 nitrogen and oxygen atoms in total. The van der Waals surface area contributed by atoms with E-state index in [2.05, 4.69) is 5.32 Å². The zero-order chi connectivity index (χ0) is 15.4. The van der Waals surface area contributed by atoms with Crippen molar-refractivity contribution in [2.75, 3.05) is 21.3 Å². The number of hydrogen-bond acceptors (Lipinski definition) is 3. The lowest BCUT2D eigenvalue weighted by Gasteiger charge is -2.21. The van der Waals surface area contributed by atoms with Crippen LogP contribution < -0.4 is 14.8 Å². The summed E-state index contributed by atoms with van der Waals surface area (Å²) >= 11 is 5.99. The maximum absolute atomic E-state index is 14.1. The van der Waals surface area contributed by atoms with E-state index in [1.807, 2.05) is 6.07 Å². The van der Waals surface area contributed by atoms with E-state index in [0.717, 1.165) is 5.56 Å². The van der Waals surface area contributed by atoms with Gasteiger partial charge in [0.2, 0.25) is 0 Å². The van der Waals surface area contributed by atoms with E-state index in [4.69, 9.17) is 21.1 Å². The van der Waals surface area contributed by atoms with Crippen molar-refractivity contribution in [1.29, 1.82) is 0 Å². The number of benzene rings is 2. The molecule has 5 heteroatoms. The van der Waals surface area contributed by atoms with E-state index in [1.165, 1.54) is 12.1 Å². The lowest BCUT2D eigenvalue weighted by atomic mass is 9.97. The van der Waals surface area contributed by atoms with Crippen LogP contribution >= 0.6 is 11.6 Å². The molecule has 0 aliphatic carbocycles. The predicted octanol–water partition coefficient (Wildman–Crippen LogP) is 3.81. The summed E-state index contributed by atoms with van der Waals surface area (Å²) < 4.78 is 24.7. The molecule has 0 saturated heterocycles. The van der Waals surface area contributed by atoms with Gasteiger partial charge in [-0.2, -0.15) is 0 Å². The minimum absolute atomic E-state index is 0.330. The second kappa shape index (κ2) is 6.78. The summed E-state index contributed by atoms with van der Waals surface area (Å²) in [5.74, 6) is 0.992. The van der Waals surface area contributed by atoms with Crippen LogP contribution in [0.5, 0.6) is 11.5 Å². The van der Waals surface area contributed by atoms with Gasteiger partial charge in [0.1, 0.15) is 17.3 Å². The highest BCUT2D eigenvalue weighted by atomic mass is 35.5. The van der Waals surface area contributed by atoms with Gasteiger partial charge in [-0.1, -0.05) is 11.6 Å². The molecule has 0 aliphatic rings. The van der Waals surface area contributed by atoms with Crippen LogP contribution in [0.3, 0.4) is 0 Å². The monoisotopic (exact) mass is 309 g/mol. The van der Waals surface area contributed by atoms with Crippen LogP contribution in [0.1, 0.15) is 17.2 Å². The number of ether oxygens (including phenoxy) is 2. The Morgan fingerprint density at radius 3 is 2.43 bits per heavy atom. The van der Waals surface area contributed by atoms with E-state index >= 15 is 0 Å². The highest BCUT2D eigenvalue weighted by molar-refractivity contribution is 6.30. The van der Waals surface area contributed by atoms with Crippen LogP contribution in [0.15, 0.2) is 36.4 Å². The average molecular weight is 310 g/mol. The fraction of sp³-hybridized carbons (Fsp3) is 0.250. The highest BCUT2D eigenvalue weighted by Crippen LogP contribution is 2.34. The number of nitrogens with one attached hydrogen (secondary N) is 1. The lowest BCUT2D eigenvalue weighted by molar-refractivity contribution is 0.394. The normalized spacial score (nSPS) is 12.0. The van der Waals surface area contributed by atoms with Gasteiger partial charge in [0.25, 0.3) is 0 Å². The number of rotatable bonds is 5. The summed E-state index contributed by atoms with van der Waals surface area (Å²) in [7, 11) is 4.91. The van der Waals surface area contributed by atoms with Gasteiger partial charge in [-0.3, -0.25) is 0 Å². The van der Waals surface area contributed by atoms with Crippen LogP contribution in [0.2, 0.25) is 5.02 Å². The summed E-state index contributed by atoms with van der Waals surface area (Å²) in [5.41, 5.74) is 1.23. The van der Waals surface area contributed by atoms with E-state index < -0.39 is 6.04 Å². The molecule has 0 aliphatic heterocycles. The number of halogens is 2. The SMILES string of the molecule is CNC(c1cc(Cl)ccc1F)c1cc(OC)ccc1OC. The second-order valence-electron chi connectivity index (χ2n) is 4.50. The molecule has 0 heterocycles. The quantitative estimate of drug-likeness (QED) is 0.911. The first-order chi connectivity index (χ1) is 10.1. The number of hydrogen-bond donors (Lipinski definition) is 1. The molecule has 0 fully saturated rings. The summed E-state index contributed by atoms with van der Waals surface area (Å²) in [4.78, 5) is 0. The molecule has 2 aromatic carbocycles. The molecule has 0 aromatic heterocycles. The summed E-state index contributed by atoms with van der Waals surface area (Å²) in [6.45, 7) is 0. The number of methoxy groups -OCH3 is 2. The molecule has 21 heavy (non-hydrogen) atoms. The third-order valence-electron chi connectivity index (χ3n) is 3.31. The Morgan fingerprint density at radius 1 is 1.05 bits per heavy atom. The maximum atomic E-state index is 14.1. The zero-order valence-corrected chi connectivity index (χ0v) is 12.9. The van der Waals surface area contributed by atoms with Gasteiger partial charge in [-0.25, -0.2) is 4.39 Å². The third kappa shape index (κ3) is 3.28. The zero-order valence-electron chi connectivity index (χ0n) is 12.1. The van der Waals surface area contributed by atoms with Crippen molar-refractivity contribution in [3.05, 3.63) is 58.4 Å². The first-order valence-electron chi connectivity index (χ1n) is 6.44. The van der Waals surface area contributed by atoms with E-state index in [-0.39, 0.29) is 5.82 Å². The molecule has 0 bridgehead atoms. The Morgan fingerprint density at radius 2 is 1.81 bits per heavy atom. The van der Waals surface area contributed by atoms with Crippen molar-refractivity contribution in [2.24, 2.45) is 0 Å². The predicted molar refractivity (Wildman–Crippen MR) is 81.9 cm³/mol. The molecule has 1 N–H and O–H groups in total. The Bertz CT molecular complexity index is 634. The fourth-order valence-corrected chi connectivity index (χ4v) is 2.46. The highest BCUT2D eigenvalue weighted by Gasteiger charge is 2.21. The topological polar surface area (TPSA) is 30.5 Å². The Kier molecular flexibility index (Phi) is 5.04. The standard InChI is InChI=1S/C16H17ClFNO2/c1-19-16(12-8-10(17)4-6-14(12)18)13-9-11(20-2)5-7-15(13)21-3/h4-9,16,19H,1-3H3. The smallest absolute Gasteiger partial charge is 0.128 e. The van der Waals surface area contributed by atoms with Gasteiger partial charge in [0.05, 0.1) is 20.3 Å². The molecule has 2 rings (SSSR count). The van der Waals surface area contributed by atoms with Gasteiger partial charge < -0.3 is 14.8 Å². The Hall–Kier alpha value is -1.78. The van der Waals surface area contributed by atoms with Crippen molar-refractivity contribution in [3.8, 4) is 11.5 Å². The van der Waals surface area contributed by atoms with Crippen molar-refractivity contribution < 1.29 is 13.9 Å². The van der Waals surface area contributed by atoms with E-state index in [9.17, 15) is 4.39 Å². The molecule has 2 aromatic rings. The van der Waals surface area contributed by atoms with Crippen LogP contribution in [0.25, 0.3) is 0 Å². The first-order valence-corrected chi connectivity index (χ1v) is 6.82. The van der Waals surface area contributed by atoms with Crippen molar-refractivity contribution in [2.45, 2.75) is 6.04 Å². The minimum Gasteiger partial charge on any atom is -0.497 e. The van der Waals surface area contributed by atoms with Gasteiger partial charge in [0, 0.05) is 16.1 Å². The summed E-state index contributed by atoms with van der Waals surface area (Å²) in [6.07, 6.45) is 0.